The summed E-state index contributed by atoms with van der Waals surface area (Å²) in [5.41, 5.74) is 5.55. The second kappa shape index (κ2) is 8.02. The number of pyridine rings is 1. The van der Waals surface area contributed by atoms with Gasteiger partial charge in [-0.15, -0.1) is 0 Å². The van der Waals surface area contributed by atoms with E-state index in [9.17, 15) is 0 Å². The van der Waals surface area contributed by atoms with Crippen LogP contribution in [0.1, 0.15) is 29.3 Å². The van der Waals surface area contributed by atoms with Crippen molar-refractivity contribution >= 4 is 11.4 Å². The first-order valence-electron chi connectivity index (χ1n) is 9.68. The van der Waals surface area contributed by atoms with Crippen LogP contribution in [0.4, 0.5) is 11.4 Å². The number of hydrogen-bond donors (Lipinski definition) is 1. The van der Waals surface area contributed by atoms with Gasteiger partial charge in [0.2, 0.25) is 0 Å². The van der Waals surface area contributed by atoms with Gasteiger partial charge in [0, 0.05) is 66.6 Å². The summed E-state index contributed by atoms with van der Waals surface area (Å²) in [7, 11) is 3.65. The zero-order valence-corrected chi connectivity index (χ0v) is 16.7. The van der Waals surface area contributed by atoms with Gasteiger partial charge in [0.1, 0.15) is 5.75 Å². The first-order valence-corrected chi connectivity index (χ1v) is 9.68. The molecule has 1 fully saturated rings. The van der Waals surface area contributed by atoms with Gasteiger partial charge in [0.25, 0.3) is 0 Å². The summed E-state index contributed by atoms with van der Waals surface area (Å²) in [5.74, 6) is 1.31. The highest BCUT2D eigenvalue weighted by molar-refractivity contribution is 5.62. The van der Waals surface area contributed by atoms with Crippen LogP contribution in [0.5, 0.6) is 5.75 Å². The average Bonchev–Trinajstić information content (AvgIpc) is 3.31. The van der Waals surface area contributed by atoms with Crippen LogP contribution in [0.2, 0.25) is 0 Å². The minimum atomic E-state index is 0.461. The fraction of sp³-hybridized carbons (Fsp3) is 0.364. The maximum absolute atomic E-state index is 5.32. The van der Waals surface area contributed by atoms with E-state index >= 15 is 0 Å². The number of aromatic nitrogens is 3. The summed E-state index contributed by atoms with van der Waals surface area (Å²) >= 11 is 0. The molecule has 0 amide bonds. The van der Waals surface area contributed by atoms with Crippen LogP contribution in [-0.2, 0) is 13.6 Å². The third kappa shape index (κ3) is 4.34. The predicted molar refractivity (Wildman–Crippen MR) is 111 cm³/mol. The molecule has 28 heavy (non-hydrogen) atoms. The summed E-state index contributed by atoms with van der Waals surface area (Å²) in [5, 5.41) is 7.76. The van der Waals surface area contributed by atoms with Gasteiger partial charge in [-0.25, -0.2) is 0 Å². The second-order valence-electron chi connectivity index (χ2n) is 7.52. The van der Waals surface area contributed by atoms with Crippen molar-refractivity contribution in [3.8, 4) is 5.75 Å². The molecule has 6 heteroatoms. The zero-order chi connectivity index (χ0) is 19.5. The zero-order valence-electron chi connectivity index (χ0n) is 16.7. The van der Waals surface area contributed by atoms with E-state index in [1.54, 1.807) is 7.11 Å². The molecule has 3 heterocycles. The lowest BCUT2D eigenvalue weighted by atomic mass is 10.0. The number of nitrogens with zero attached hydrogens (tertiary/aromatic N) is 4. The first kappa shape index (κ1) is 18.5. The number of benzene rings is 1. The molecule has 1 atom stereocenters. The fourth-order valence-corrected chi connectivity index (χ4v) is 3.87. The quantitative estimate of drug-likeness (QED) is 0.707. The number of hydrogen-bond acceptors (Lipinski definition) is 5. The maximum Gasteiger partial charge on any atom is 0.120 e. The van der Waals surface area contributed by atoms with Gasteiger partial charge in [-0.2, -0.15) is 5.10 Å². The van der Waals surface area contributed by atoms with E-state index in [-0.39, 0.29) is 0 Å². The van der Waals surface area contributed by atoms with Gasteiger partial charge in [-0.1, -0.05) is 6.07 Å². The SMILES string of the molecule is COc1cccc(Nc2cc(C)nc([C@@H]3CCN(Cc4cnn(C)c4)C3)c2)c1. The van der Waals surface area contributed by atoms with E-state index in [1.807, 2.05) is 42.2 Å². The van der Waals surface area contributed by atoms with Crippen LogP contribution < -0.4 is 10.1 Å². The number of anilines is 2. The fourth-order valence-electron chi connectivity index (χ4n) is 3.87. The van der Waals surface area contributed by atoms with E-state index in [2.05, 4.69) is 40.6 Å². The number of aryl methyl sites for hydroxylation is 2. The molecule has 0 radical (unpaired) electrons. The molecule has 2 aromatic heterocycles. The van der Waals surface area contributed by atoms with Crippen LogP contribution in [-0.4, -0.2) is 39.9 Å². The minimum Gasteiger partial charge on any atom is -0.497 e. The number of rotatable bonds is 6. The van der Waals surface area contributed by atoms with Crippen LogP contribution in [0.3, 0.4) is 0 Å². The molecule has 0 bridgehead atoms. The van der Waals surface area contributed by atoms with E-state index in [4.69, 9.17) is 9.72 Å². The molecule has 1 aliphatic heterocycles. The van der Waals surface area contributed by atoms with Crippen molar-refractivity contribution in [3.05, 3.63) is 65.7 Å². The summed E-state index contributed by atoms with van der Waals surface area (Å²) in [4.78, 5) is 7.32. The summed E-state index contributed by atoms with van der Waals surface area (Å²) < 4.78 is 7.18. The van der Waals surface area contributed by atoms with Crippen molar-refractivity contribution in [2.75, 3.05) is 25.5 Å². The molecule has 1 aromatic carbocycles. The molecular formula is C22H27N5O. The molecule has 4 rings (SSSR count). The van der Waals surface area contributed by atoms with Crippen molar-refractivity contribution in [2.24, 2.45) is 7.05 Å². The Morgan fingerprint density at radius 2 is 2.11 bits per heavy atom. The number of likely N-dealkylation sites (tertiary alicyclic amines) is 1. The molecule has 1 N–H and O–H groups in total. The highest BCUT2D eigenvalue weighted by Crippen LogP contribution is 2.30. The van der Waals surface area contributed by atoms with Crippen LogP contribution in [0.15, 0.2) is 48.8 Å². The van der Waals surface area contributed by atoms with Gasteiger partial charge >= 0.3 is 0 Å². The highest BCUT2D eigenvalue weighted by atomic mass is 16.5. The van der Waals surface area contributed by atoms with Crippen molar-refractivity contribution in [3.63, 3.8) is 0 Å². The number of methoxy groups -OCH3 is 1. The van der Waals surface area contributed by atoms with Gasteiger partial charge in [0.05, 0.1) is 13.3 Å². The summed E-state index contributed by atoms with van der Waals surface area (Å²) in [6.45, 7) is 5.13. The summed E-state index contributed by atoms with van der Waals surface area (Å²) in [6.07, 6.45) is 5.18. The van der Waals surface area contributed by atoms with E-state index < -0.39 is 0 Å². The molecule has 0 aliphatic carbocycles. The minimum absolute atomic E-state index is 0.461. The molecule has 6 nitrogen and oxygen atoms in total. The van der Waals surface area contributed by atoms with E-state index in [0.717, 1.165) is 48.9 Å². The molecule has 1 aliphatic rings. The molecule has 1 saturated heterocycles. The van der Waals surface area contributed by atoms with Gasteiger partial charge in [-0.05, 0) is 44.2 Å². The highest BCUT2D eigenvalue weighted by Gasteiger charge is 2.25. The van der Waals surface area contributed by atoms with Gasteiger partial charge < -0.3 is 10.1 Å². The Morgan fingerprint density at radius 3 is 2.89 bits per heavy atom. The van der Waals surface area contributed by atoms with Gasteiger partial charge in [-0.3, -0.25) is 14.6 Å². The third-order valence-electron chi connectivity index (χ3n) is 5.19. The predicted octanol–water partition coefficient (Wildman–Crippen LogP) is 3.87. The lowest BCUT2D eigenvalue weighted by molar-refractivity contribution is 0.326. The van der Waals surface area contributed by atoms with Crippen LogP contribution in [0, 0.1) is 6.92 Å². The van der Waals surface area contributed by atoms with Crippen molar-refractivity contribution in [1.82, 2.24) is 19.7 Å². The molecule has 0 unspecified atom stereocenters. The standard InChI is InChI=1S/C22H27N5O/c1-16-9-20(25-19-5-4-6-21(10-19)28-3)11-22(24-16)18-7-8-27(15-18)14-17-12-23-26(2)13-17/h4-6,9-13,18H,7-8,14-15H2,1-3H3,(H,24,25)/t18-/m1/s1. The van der Waals surface area contributed by atoms with Gasteiger partial charge in [0.15, 0.2) is 0 Å². The Kier molecular flexibility index (Phi) is 5.30. The normalized spacial score (nSPS) is 17.0. The van der Waals surface area contributed by atoms with E-state index in [1.165, 1.54) is 11.3 Å². The molecule has 0 saturated carbocycles. The number of nitrogens with one attached hydrogen (secondary N) is 1. The monoisotopic (exact) mass is 377 g/mol. The molecular weight excluding hydrogens is 350 g/mol. The van der Waals surface area contributed by atoms with Crippen molar-refractivity contribution in [1.29, 1.82) is 0 Å². The lowest BCUT2D eigenvalue weighted by Gasteiger charge is -2.16. The average molecular weight is 377 g/mol. The Morgan fingerprint density at radius 1 is 1.21 bits per heavy atom. The van der Waals surface area contributed by atoms with Crippen LogP contribution in [0.25, 0.3) is 0 Å². The Labute approximate surface area is 166 Å². The number of ether oxygens (including phenoxy) is 1. The van der Waals surface area contributed by atoms with Crippen molar-refractivity contribution in [2.45, 2.75) is 25.8 Å². The second-order valence-corrected chi connectivity index (χ2v) is 7.52. The Bertz CT molecular complexity index is 952. The largest absolute Gasteiger partial charge is 0.497 e. The smallest absolute Gasteiger partial charge is 0.120 e. The lowest BCUT2D eigenvalue weighted by Crippen LogP contribution is -2.19. The van der Waals surface area contributed by atoms with E-state index in [0.29, 0.717) is 5.92 Å². The third-order valence-corrected chi connectivity index (χ3v) is 5.19. The van der Waals surface area contributed by atoms with Crippen molar-refractivity contribution < 1.29 is 4.74 Å². The molecule has 146 valence electrons. The maximum atomic E-state index is 5.32. The Balaban J connectivity index is 1.46. The summed E-state index contributed by atoms with van der Waals surface area (Å²) in [6, 6.07) is 12.3. The topological polar surface area (TPSA) is 55.2 Å². The Hall–Kier alpha value is -2.86. The molecule has 0 spiro atoms. The molecule has 3 aromatic rings. The van der Waals surface area contributed by atoms with Crippen LogP contribution >= 0.6 is 0 Å². The first-order chi connectivity index (χ1) is 13.6.